The molecule has 0 heterocycles. The summed E-state index contributed by atoms with van der Waals surface area (Å²) >= 11 is 0. The highest BCUT2D eigenvalue weighted by atomic mass is 16.2. The lowest BCUT2D eigenvalue weighted by Gasteiger charge is -2.24. The fourth-order valence-corrected chi connectivity index (χ4v) is 1.84. The zero-order valence-electron chi connectivity index (χ0n) is 11.1. The van der Waals surface area contributed by atoms with Gasteiger partial charge in [-0.25, -0.2) is 0 Å². The van der Waals surface area contributed by atoms with Crippen LogP contribution in [0.2, 0.25) is 0 Å². The summed E-state index contributed by atoms with van der Waals surface area (Å²) in [6.07, 6.45) is 0. The van der Waals surface area contributed by atoms with Crippen LogP contribution in [0.4, 0.5) is 5.69 Å². The number of nitrogens with zero attached hydrogens (tertiary/aromatic N) is 1. The van der Waals surface area contributed by atoms with Crippen LogP contribution >= 0.6 is 0 Å². The minimum Gasteiger partial charge on any atom is -0.324 e. The predicted octanol–water partition coefficient (Wildman–Crippen LogP) is 2.37. The molecule has 2 rings (SSSR count). The second-order valence-corrected chi connectivity index (χ2v) is 4.72. The molecule has 0 aliphatic heterocycles. The maximum absolute atomic E-state index is 12.3. The summed E-state index contributed by atoms with van der Waals surface area (Å²) in [7, 11) is 0. The molecule has 1 atom stereocenters. The summed E-state index contributed by atoms with van der Waals surface area (Å²) in [5, 5.41) is 11.6. The lowest BCUT2D eigenvalue weighted by Crippen LogP contribution is -2.45. The summed E-state index contributed by atoms with van der Waals surface area (Å²) in [6.45, 7) is 1.66. The van der Waals surface area contributed by atoms with Crippen LogP contribution in [-0.4, -0.2) is 5.91 Å². The van der Waals surface area contributed by atoms with Crippen molar-refractivity contribution in [3.05, 3.63) is 65.7 Å². The minimum atomic E-state index is -1.14. The molecule has 0 aromatic heterocycles. The van der Waals surface area contributed by atoms with Gasteiger partial charge in [0, 0.05) is 5.69 Å². The number of rotatable bonds is 3. The predicted molar refractivity (Wildman–Crippen MR) is 77.8 cm³/mol. The molecule has 0 bridgehead atoms. The number of hydrogen-bond acceptors (Lipinski definition) is 3. The first kappa shape index (κ1) is 13.8. The molecule has 0 spiro atoms. The minimum absolute atomic E-state index is 0.321. The fraction of sp³-hybridized carbons (Fsp3) is 0.125. The third-order valence-electron chi connectivity index (χ3n) is 3.09. The fourth-order valence-electron chi connectivity index (χ4n) is 1.84. The molecule has 0 radical (unpaired) electrons. The number of benzene rings is 2. The van der Waals surface area contributed by atoms with E-state index in [9.17, 15) is 4.79 Å². The van der Waals surface area contributed by atoms with E-state index in [0.29, 0.717) is 11.3 Å². The van der Waals surface area contributed by atoms with Gasteiger partial charge >= 0.3 is 0 Å². The molecular formula is C16H15N3O. The first-order valence-corrected chi connectivity index (χ1v) is 6.20. The van der Waals surface area contributed by atoms with E-state index in [-0.39, 0.29) is 5.91 Å². The molecule has 0 aliphatic rings. The van der Waals surface area contributed by atoms with Gasteiger partial charge < -0.3 is 11.1 Å². The molecule has 0 saturated heterocycles. The number of carbonyl (C=O) groups excluding carboxylic acids is 1. The maximum atomic E-state index is 12.3. The number of nitriles is 1. The van der Waals surface area contributed by atoms with E-state index in [4.69, 9.17) is 11.0 Å². The van der Waals surface area contributed by atoms with Crippen molar-refractivity contribution >= 4 is 11.6 Å². The molecule has 100 valence electrons. The summed E-state index contributed by atoms with van der Waals surface area (Å²) in [6, 6.07) is 17.9. The van der Waals surface area contributed by atoms with Crippen LogP contribution in [0, 0.1) is 11.3 Å². The summed E-state index contributed by atoms with van der Waals surface area (Å²) in [4.78, 5) is 12.3. The topological polar surface area (TPSA) is 78.9 Å². The zero-order valence-corrected chi connectivity index (χ0v) is 11.1. The SMILES string of the molecule is CC(N)(C(=O)Nc1cccc(C#N)c1)c1ccccc1. The van der Waals surface area contributed by atoms with Crippen molar-refractivity contribution in [3.63, 3.8) is 0 Å². The van der Waals surface area contributed by atoms with Gasteiger partial charge in [-0.3, -0.25) is 4.79 Å². The van der Waals surface area contributed by atoms with Gasteiger partial charge in [0.2, 0.25) is 5.91 Å². The van der Waals surface area contributed by atoms with Gasteiger partial charge in [0.25, 0.3) is 0 Å². The van der Waals surface area contributed by atoms with Crippen molar-refractivity contribution in [2.45, 2.75) is 12.5 Å². The van der Waals surface area contributed by atoms with Crippen LogP contribution in [0.25, 0.3) is 0 Å². The highest BCUT2D eigenvalue weighted by molar-refractivity contribution is 5.98. The molecule has 1 unspecified atom stereocenters. The quantitative estimate of drug-likeness (QED) is 0.894. The summed E-state index contributed by atoms with van der Waals surface area (Å²) < 4.78 is 0. The molecule has 20 heavy (non-hydrogen) atoms. The highest BCUT2D eigenvalue weighted by Crippen LogP contribution is 2.20. The van der Waals surface area contributed by atoms with Gasteiger partial charge in [0.05, 0.1) is 11.6 Å². The molecule has 2 aromatic carbocycles. The molecule has 0 aliphatic carbocycles. The third-order valence-corrected chi connectivity index (χ3v) is 3.09. The first-order valence-electron chi connectivity index (χ1n) is 6.20. The Morgan fingerprint density at radius 2 is 1.90 bits per heavy atom. The Kier molecular flexibility index (Phi) is 3.83. The Bertz CT molecular complexity index is 657. The Morgan fingerprint density at radius 1 is 1.20 bits per heavy atom. The monoisotopic (exact) mass is 265 g/mol. The normalized spacial score (nSPS) is 13.1. The van der Waals surface area contributed by atoms with E-state index in [1.165, 1.54) is 0 Å². The summed E-state index contributed by atoms with van der Waals surface area (Å²) in [5.41, 5.74) is 6.76. The Labute approximate surface area is 117 Å². The molecule has 3 N–H and O–H groups in total. The first-order chi connectivity index (χ1) is 9.54. The van der Waals surface area contributed by atoms with Crippen LogP contribution in [0.1, 0.15) is 18.1 Å². The molecule has 0 saturated carbocycles. The van der Waals surface area contributed by atoms with Gasteiger partial charge in [-0.2, -0.15) is 5.26 Å². The highest BCUT2D eigenvalue weighted by Gasteiger charge is 2.30. The average Bonchev–Trinajstić information content (AvgIpc) is 2.48. The van der Waals surface area contributed by atoms with Crippen LogP contribution < -0.4 is 11.1 Å². The molecular weight excluding hydrogens is 250 g/mol. The lowest BCUT2D eigenvalue weighted by molar-refractivity contribution is -0.120. The smallest absolute Gasteiger partial charge is 0.248 e. The molecule has 2 aromatic rings. The van der Waals surface area contributed by atoms with Gasteiger partial charge in [0.15, 0.2) is 0 Å². The maximum Gasteiger partial charge on any atom is 0.248 e. The van der Waals surface area contributed by atoms with Crippen LogP contribution in [0.3, 0.4) is 0 Å². The molecule has 0 fully saturated rings. The van der Waals surface area contributed by atoms with E-state index < -0.39 is 5.54 Å². The number of hydrogen-bond donors (Lipinski definition) is 2. The third kappa shape index (κ3) is 2.85. The van der Waals surface area contributed by atoms with E-state index in [1.54, 1.807) is 31.2 Å². The van der Waals surface area contributed by atoms with Crippen LogP contribution in [0.5, 0.6) is 0 Å². The number of nitrogens with one attached hydrogen (secondary N) is 1. The van der Waals surface area contributed by atoms with E-state index in [1.807, 2.05) is 36.4 Å². The molecule has 4 heteroatoms. The van der Waals surface area contributed by atoms with Gasteiger partial charge in [-0.1, -0.05) is 36.4 Å². The molecule has 4 nitrogen and oxygen atoms in total. The number of nitrogens with two attached hydrogens (primary N) is 1. The number of amides is 1. The number of carbonyl (C=O) groups is 1. The Balaban J connectivity index is 2.21. The lowest BCUT2D eigenvalue weighted by atomic mass is 9.92. The van der Waals surface area contributed by atoms with Crippen molar-refractivity contribution in [3.8, 4) is 6.07 Å². The number of anilines is 1. The van der Waals surface area contributed by atoms with Crippen molar-refractivity contribution in [1.82, 2.24) is 0 Å². The van der Waals surface area contributed by atoms with Crippen molar-refractivity contribution in [1.29, 1.82) is 5.26 Å². The second kappa shape index (κ2) is 5.55. The van der Waals surface area contributed by atoms with Crippen LogP contribution in [-0.2, 0) is 10.3 Å². The largest absolute Gasteiger partial charge is 0.324 e. The van der Waals surface area contributed by atoms with Crippen molar-refractivity contribution in [2.75, 3.05) is 5.32 Å². The van der Waals surface area contributed by atoms with Crippen molar-refractivity contribution < 1.29 is 4.79 Å². The standard InChI is InChI=1S/C16H15N3O/c1-16(18,13-7-3-2-4-8-13)15(20)19-14-9-5-6-12(10-14)11-17/h2-10H,18H2,1H3,(H,19,20). The van der Waals surface area contributed by atoms with Crippen LogP contribution in [0.15, 0.2) is 54.6 Å². The van der Waals surface area contributed by atoms with E-state index in [2.05, 4.69) is 5.32 Å². The molecule has 1 amide bonds. The van der Waals surface area contributed by atoms with E-state index >= 15 is 0 Å². The average molecular weight is 265 g/mol. The van der Waals surface area contributed by atoms with Gasteiger partial charge in [-0.05, 0) is 30.7 Å². The summed E-state index contributed by atoms with van der Waals surface area (Å²) in [5.74, 6) is -0.321. The Morgan fingerprint density at radius 3 is 2.55 bits per heavy atom. The van der Waals surface area contributed by atoms with Crippen molar-refractivity contribution in [2.24, 2.45) is 5.73 Å². The van der Waals surface area contributed by atoms with Gasteiger partial charge in [0.1, 0.15) is 5.54 Å². The second-order valence-electron chi connectivity index (χ2n) is 4.72. The Hall–Kier alpha value is -2.64. The van der Waals surface area contributed by atoms with Gasteiger partial charge in [-0.15, -0.1) is 0 Å². The zero-order chi connectivity index (χ0) is 14.6. The van der Waals surface area contributed by atoms with E-state index in [0.717, 1.165) is 5.56 Å².